The third kappa shape index (κ3) is 3.76. The van der Waals surface area contributed by atoms with Crippen LogP contribution in [-0.4, -0.2) is 16.0 Å². The van der Waals surface area contributed by atoms with Crippen LogP contribution in [0.25, 0.3) is 0 Å². The lowest BCUT2D eigenvalue weighted by Crippen LogP contribution is -2.16. The second-order valence-corrected chi connectivity index (χ2v) is 5.23. The Hall–Kier alpha value is -2.48. The molecule has 0 saturated carbocycles. The molecule has 1 N–H and O–H groups in total. The summed E-state index contributed by atoms with van der Waals surface area (Å²) in [7, 11) is 0. The number of aromatic nitrogens is 1. The molecule has 0 aliphatic rings. The summed E-state index contributed by atoms with van der Waals surface area (Å²) in [5, 5.41) is 13.5. The lowest BCUT2D eigenvalue weighted by atomic mass is 10.3. The molecule has 7 nitrogen and oxygen atoms in total. The molecule has 0 saturated heterocycles. The molecule has 0 fully saturated rings. The Bertz CT molecular complexity index is 667. The predicted molar refractivity (Wildman–Crippen MR) is 79.0 cm³/mol. The van der Waals surface area contributed by atoms with Crippen molar-refractivity contribution in [3.63, 3.8) is 0 Å². The summed E-state index contributed by atoms with van der Waals surface area (Å²) >= 11 is 1.39. The Morgan fingerprint density at radius 3 is 2.62 bits per heavy atom. The number of non-ortho nitro benzene ring substituents is 1. The standard InChI is InChI=1S/C13H13N3O4S/c1-3-11-8(2)14-12(21-11)15-13(17)20-10-6-4-9(5-7-10)16(18)19/h4-7H,3H2,1-2H3,(H,14,15,17). The van der Waals surface area contributed by atoms with E-state index in [-0.39, 0.29) is 11.4 Å². The predicted octanol–water partition coefficient (Wildman–Crippen LogP) is 3.53. The van der Waals surface area contributed by atoms with E-state index in [1.807, 2.05) is 13.8 Å². The summed E-state index contributed by atoms with van der Waals surface area (Å²) in [6, 6.07) is 5.27. The number of carbonyl (C=O) groups excluding carboxylic acids is 1. The van der Waals surface area contributed by atoms with Gasteiger partial charge in [0.1, 0.15) is 5.75 Å². The van der Waals surface area contributed by atoms with Gasteiger partial charge in [0.15, 0.2) is 5.13 Å². The van der Waals surface area contributed by atoms with Gasteiger partial charge in [-0.3, -0.25) is 15.4 Å². The van der Waals surface area contributed by atoms with Gasteiger partial charge in [-0.15, -0.1) is 11.3 Å². The van der Waals surface area contributed by atoms with Crippen LogP contribution < -0.4 is 10.1 Å². The SMILES string of the molecule is CCc1sc(NC(=O)Oc2ccc([N+](=O)[O-])cc2)nc1C. The van der Waals surface area contributed by atoms with E-state index in [9.17, 15) is 14.9 Å². The fraction of sp³-hybridized carbons (Fsp3) is 0.231. The number of ether oxygens (including phenoxy) is 1. The van der Waals surface area contributed by atoms with Crippen LogP contribution in [0, 0.1) is 17.0 Å². The highest BCUT2D eigenvalue weighted by molar-refractivity contribution is 7.15. The second kappa shape index (κ2) is 6.31. The average molecular weight is 307 g/mol. The van der Waals surface area contributed by atoms with Crippen molar-refractivity contribution in [3.8, 4) is 5.75 Å². The minimum atomic E-state index is -0.680. The number of nitro groups is 1. The van der Waals surface area contributed by atoms with Gasteiger partial charge in [0.05, 0.1) is 10.6 Å². The van der Waals surface area contributed by atoms with E-state index in [1.54, 1.807) is 0 Å². The van der Waals surface area contributed by atoms with E-state index in [4.69, 9.17) is 4.74 Å². The maximum Gasteiger partial charge on any atom is 0.418 e. The number of hydrogen-bond acceptors (Lipinski definition) is 6. The number of nitro benzene ring substituents is 1. The zero-order chi connectivity index (χ0) is 15.4. The first kappa shape index (κ1) is 14.9. The molecule has 1 aromatic carbocycles. The van der Waals surface area contributed by atoms with Crippen LogP contribution in [0.4, 0.5) is 15.6 Å². The van der Waals surface area contributed by atoms with Crippen LogP contribution in [0.15, 0.2) is 24.3 Å². The Morgan fingerprint density at radius 1 is 1.43 bits per heavy atom. The molecule has 1 aromatic heterocycles. The number of aryl methyl sites for hydroxylation is 2. The lowest BCUT2D eigenvalue weighted by molar-refractivity contribution is -0.384. The number of amides is 1. The maximum atomic E-state index is 11.7. The van der Waals surface area contributed by atoms with Gasteiger partial charge in [-0.25, -0.2) is 9.78 Å². The van der Waals surface area contributed by atoms with Crippen molar-refractivity contribution in [2.75, 3.05) is 5.32 Å². The first-order chi connectivity index (χ1) is 9.99. The van der Waals surface area contributed by atoms with Crippen LogP contribution in [0.1, 0.15) is 17.5 Å². The molecule has 2 aromatic rings. The molecule has 0 bridgehead atoms. The highest BCUT2D eigenvalue weighted by Gasteiger charge is 2.11. The van der Waals surface area contributed by atoms with Gasteiger partial charge in [-0.05, 0) is 25.5 Å². The topological polar surface area (TPSA) is 94.4 Å². The number of hydrogen-bond donors (Lipinski definition) is 1. The van der Waals surface area contributed by atoms with E-state index >= 15 is 0 Å². The number of rotatable bonds is 4. The van der Waals surface area contributed by atoms with Gasteiger partial charge < -0.3 is 4.74 Å². The Kier molecular flexibility index (Phi) is 4.49. The van der Waals surface area contributed by atoms with Crippen LogP contribution in [0.2, 0.25) is 0 Å². The number of carbonyl (C=O) groups is 1. The van der Waals surface area contributed by atoms with Crippen molar-refractivity contribution < 1.29 is 14.5 Å². The number of anilines is 1. The molecule has 0 atom stereocenters. The molecule has 8 heteroatoms. The number of thiazole rings is 1. The van der Waals surface area contributed by atoms with E-state index in [0.717, 1.165) is 17.0 Å². The summed E-state index contributed by atoms with van der Waals surface area (Å²) < 4.78 is 5.03. The largest absolute Gasteiger partial charge is 0.418 e. The van der Waals surface area contributed by atoms with Crippen LogP contribution in [-0.2, 0) is 6.42 Å². The molecule has 0 spiro atoms. The smallest absolute Gasteiger partial charge is 0.410 e. The molecule has 0 unspecified atom stereocenters. The molecular weight excluding hydrogens is 294 g/mol. The molecule has 1 amide bonds. The summed E-state index contributed by atoms with van der Waals surface area (Å²) in [5.41, 5.74) is 0.819. The second-order valence-electron chi connectivity index (χ2n) is 4.15. The molecule has 0 aliphatic carbocycles. The first-order valence-corrected chi connectivity index (χ1v) is 7.01. The van der Waals surface area contributed by atoms with Crippen molar-refractivity contribution in [1.82, 2.24) is 4.98 Å². The molecule has 0 radical (unpaired) electrons. The summed E-state index contributed by atoms with van der Waals surface area (Å²) in [5.74, 6) is 0.224. The van der Waals surface area contributed by atoms with Crippen LogP contribution >= 0.6 is 11.3 Å². The fourth-order valence-electron chi connectivity index (χ4n) is 1.67. The third-order valence-corrected chi connectivity index (χ3v) is 3.90. The lowest BCUT2D eigenvalue weighted by Gasteiger charge is -2.03. The zero-order valence-corrected chi connectivity index (χ0v) is 12.3. The van der Waals surface area contributed by atoms with Gasteiger partial charge in [0.2, 0.25) is 0 Å². The molecule has 110 valence electrons. The summed E-state index contributed by atoms with van der Waals surface area (Å²) in [6.07, 6.45) is 0.169. The fourth-order valence-corrected chi connectivity index (χ4v) is 2.55. The Morgan fingerprint density at radius 2 is 2.10 bits per heavy atom. The van der Waals surface area contributed by atoms with Crippen molar-refractivity contribution in [1.29, 1.82) is 0 Å². The molecule has 1 heterocycles. The minimum absolute atomic E-state index is 0.0640. The molecule has 2 rings (SSSR count). The normalized spacial score (nSPS) is 10.2. The van der Waals surface area contributed by atoms with Crippen molar-refractivity contribution in [2.45, 2.75) is 20.3 Å². The molecule has 21 heavy (non-hydrogen) atoms. The van der Waals surface area contributed by atoms with Gasteiger partial charge in [-0.1, -0.05) is 6.92 Å². The number of nitrogens with zero attached hydrogens (tertiary/aromatic N) is 2. The van der Waals surface area contributed by atoms with Crippen LogP contribution in [0.3, 0.4) is 0 Å². The Labute approximate surface area is 124 Å². The van der Waals surface area contributed by atoms with Crippen molar-refractivity contribution in [3.05, 3.63) is 45.0 Å². The maximum absolute atomic E-state index is 11.7. The highest BCUT2D eigenvalue weighted by atomic mass is 32.1. The minimum Gasteiger partial charge on any atom is -0.410 e. The highest BCUT2D eigenvalue weighted by Crippen LogP contribution is 2.23. The zero-order valence-electron chi connectivity index (χ0n) is 11.5. The van der Waals surface area contributed by atoms with Crippen LogP contribution in [0.5, 0.6) is 5.75 Å². The van der Waals surface area contributed by atoms with Gasteiger partial charge >= 0.3 is 6.09 Å². The summed E-state index contributed by atoms with van der Waals surface area (Å²) in [4.78, 5) is 27.0. The van der Waals surface area contributed by atoms with Crippen molar-refractivity contribution in [2.24, 2.45) is 0 Å². The van der Waals surface area contributed by atoms with Gasteiger partial charge in [0.25, 0.3) is 5.69 Å². The number of benzene rings is 1. The van der Waals surface area contributed by atoms with Gasteiger partial charge in [0, 0.05) is 17.0 Å². The van der Waals surface area contributed by atoms with E-state index in [0.29, 0.717) is 5.13 Å². The Balaban J connectivity index is 1.99. The quantitative estimate of drug-likeness (QED) is 0.688. The molecular formula is C13H13N3O4S. The average Bonchev–Trinajstić information content (AvgIpc) is 2.79. The third-order valence-electron chi connectivity index (χ3n) is 2.68. The summed E-state index contributed by atoms with van der Waals surface area (Å²) in [6.45, 7) is 3.89. The van der Waals surface area contributed by atoms with E-state index in [1.165, 1.54) is 35.6 Å². The first-order valence-electron chi connectivity index (χ1n) is 6.19. The van der Waals surface area contributed by atoms with Gasteiger partial charge in [-0.2, -0.15) is 0 Å². The van der Waals surface area contributed by atoms with E-state index in [2.05, 4.69) is 10.3 Å². The number of nitrogens with one attached hydrogen (secondary N) is 1. The van der Waals surface area contributed by atoms with Crippen molar-refractivity contribution >= 4 is 28.2 Å². The monoisotopic (exact) mass is 307 g/mol. The molecule has 0 aliphatic heterocycles. The van der Waals surface area contributed by atoms with E-state index < -0.39 is 11.0 Å².